The van der Waals surface area contributed by atoms with Gasteiger partial charge < -0.3 is 9.64 Å². The largest absolute Gasteiger partial charge is 0.444 e. The van der Waals surface area contributed by atoms with Crippen LogP contribution in [-0.2, 0) is 14.3 Å². The van der Waals surface area contributed by atoms with Crippen LogP contribution in [0.25, 0.3) is 0 Å². The fraction of sp³-hybridized carbons (Fsp3) is 0.421. The van der Waals surface area contributed by atoms with Gasteiger partial charge >= 0.3 is 6.09 Å². The van der Waals surface area contributed by atoms with Crippen molar-refractivity contribution < 1.29 is 32.3 Å². The number of halogens is 3. The molecule has 1 atom stereocenters. The molecule has 150 valence electrons. The minimum absolute atomic E-state index is 0.00445. The Hall–Kier alpha value is -2.84. The van der Waals surface area contributed by atoms with Crippen molar-refractivity contribution >= 4 is 29.0 Å². The van der Waals surface area contributed by atoms with E-state index in [4.69, 9.17) is 4.74 Å². The highest BCUT2D eigenvalue weighted by molar-refractivity contribution is 5.92. The van der Waals surface area contributed by atoms with Gasteiger partial charge in [-0.2, -0.15) is 0 Å². The number of anilines is 2. The zero-order valence-corrected chi connectivity index (χ0v) is 15.2. The van der Waals surface area contributed by atoms with Crippen LogP contribution < -0.4 is 9.80 Å². The molecule has 1 aromatic carbocycles. The number of ether oxygens (including phenoxy) is 1. The van der Waals surface area contributed by atoms with Crippen molar-refractivity contribution in [3.05, 3.63) is 35.8 Å². The summed E-state index contributed by atoms with van der Waals surface area (Å²) in [6, 6.07) is 0.735. The summed E-state index contributed by atoms with van der Waals surface area (Å²) in [5.74, 6) is -4.10. The molecule has 1 amide bonds. The highest BCUT2D eigenvalue weighted by atomic mass is 19.2. The van der Waals surface area contributed by atoms with E-state index in [2.05, 4.69) is 0 Å². The minimum atomic E-state index is -1.45. The average Bonchev–Trinajstić information content (AvgIpc) is 3.04. The third kappa shape index (κ3) is 3.88. The molecule has 2 aliphatic rings. The predicted molar refractivity (Wildman–Crippen MR) is 94.6 cm³/mol. The molecule has 9 heteroatoms. The van der Waals surface area contributed by atoms with Gasteiger partial charge in [-0.1, -0.05) is 6.92 Å². The first kappa shape index (κ1) is 19.9. The molecular formula is C19H19F3N2O4. The Morgan fingerprint density at radius 3 is 2.64 bits per heavy atom. The summed E-state index contributed by atoms with van der Waals surface area (Å²) in [5.41, 5.74) is -1.19. The van der Waals surface area contributed by atoms with Gasteiger partial charge in [-0.3, -0.25) is 14.5 Å². The number of carbonyl (C=O) groups is 3. The first-order chi connectivity index (χ1) is 13.3. The number of ketones is 2. The maximum atomic E-state index is 14.6. The number of hydrogen-bond acceptors (Lipinski definition) is 5. The second-order valence-electron chi connectivity index (χ2n) is 6.63. The fourth-order valence-corrected chi connectivity index (χ4v) is 3.15. The molecule has 0 aromatic heterocycles. The number of cyclic esters (lactones) is 1. The van der Waals surface area contributed by atoms with Gasteiger partial charge in [0, 0.05) is 38.1 Å². The van der Waals surface area contributed by atoms with E-state index in [0.29, 0.717) is 6.42 Å². The summed E-state index contributed by atoms with van der Waals surface area (Å²) in [6.45, 7) is 1.62. The molecule has 0 unspecified atom stereocenters. The molecule has 28 heavy (non-hydrogen) atoms. The lowest BCUT2D eigenvalue weighted by atomic mass is 10.1. The number of nitrogens with zero attached hydrogens (tertiary/aromatic N) is 2. The quantitative estimate of drug-likeness (QED) is 0.689. The van der Waals surface area contributed by atoms with Crippen molar-refractivity contribution in [3.63, 3.8) is 0 Å². The molecule has 3 rings (SSSR count). The Morgan fingerprint density at radius 1 is 1.25 bits per heavy atom. The van der Waals surface area contributed by atoms with Crippen LogP contribution in [-0.4, -0.2) is 36.9 Å². The molecule has 0 N–H and O–H groups in total. The molecule has 0 bridgehead atoms. The van der Waals surface area contributed by atoms with Crippen molar-refractivity contribution in [2.24, 2.45) is 0 Å². The first-order valence-corrected chi connectivity index (χ1v) is 8.96. The number of benzene rings is 1. The number of rotatable bonds is 6. The summed E-state index contributed by atoms with van der Waals surface area (Å²) < 4.78 is 48.9. The zero-order valence-electron chi connectivity index (χ0n) is 15.2. The summed E-state index contributed by atoms with van der Waals surface area (Å²) in [5, 5.41) is 0. The average molecular weight is 396 g/mol. The van der Waals surface area contributed by atoms with E-state index >= 15 is 0 Å². The second-order valence-corrected chi connectivity index (χ2v) is 6.63. The van der Waals surface area contributed by atoms with Gasteiger partial charge in [-0.05, 0) is 12.5 Å². The van der Waals surface area contributed by atoms with E-state index in [0.717, 1.165) is 21.9 Å². The number of amides is 1. The molecule has 6 nitrogen and oxygen atoms in total. The number of Topliss-reactive ketones (excluding diaryl/α,β-unsaturated/α-hetero) is 1. The lowest BCUT2D eigenvalue weighted by molar-refractivity contribution is -0.119. The van der Waals surface area contributed by atoms with Gasteiger partial charge in [0.2, 0.25) is 0 Å². The Bertz CT molecular complexity index is 856. The Balaban J connectivity index is 1.83. The van der Waals surface area contributed by atoms with Gasteiger partial charge in [0.15, 0.2) is 23.2 Å². The van der Waals surface area contributed by atoms with Gasteiger partial charge in [0.1, 0.15) is 17.6 Å². The van der Waals surface area contributed by atoms with Crippen LogP contribution in [0.5, 0.6) is 0 Å². The molecule has 0 aliphatic carbocycles. The van der Waals surface area contributed by atoms with Gasteiger partial charge in [0.25, 0.3) is 0 Å². The molecule has 0 radical (unpaired) electrons. The summed E-state index contributed by atoms with van der Waals surface area (Å²) in [7, 11) is 0. The summed E-state index contributed by atoms with van der Waals surface area (Å²) >= 11 is 0. The van der Waals surface area contributed by atoms with Crippen LogP contribution in [0, 0.1) is 17.5 Å². The Morgan fingerprint density at radius 2 is 2.00 bits per heavy atom. The summed E-state index contributed by atoms with van der Waals surface area (Å²) in [6.07, 6.45) is 1.62. The van der Waals surface area contributed by atoms with E-state index in [1.807, 2.05) is 0 Å². The smallest absolute Gasteiger partial charge is 0.414 e. The van der Waals surface area contributed by atoms with E-state index in [1.165, 1.54) is 6.20 Å². The van der Waals surface area contributed by atoms with Crippen molar-refractivity contribution in [3.8, 4) is 0 Å². The Labute approximate surface area is 159 Å². The van der Waals surface area contributed by atoms with Crippen molar-refractivity contribution in [1.82, 2.24) is 0 Å². The predicted octanol–water partition coefficient (Wildman–Crippen LogP) is 3.48. The van der Waals surface area contributed by atoms with Crippen LogP contribution in [0.4, 0.5) is 29.3 Å². The fourth-order valence-electron chi connectivity index (χ4n) is 3.15. The number of carbonyl (C=O) groups excluding carboxylic acids is 3. The van der Waals surface area contributed by atoms with Crippen molar-refractivity contribution in [2.45, 2.75) is 38.7 Å². The van der Waals surface area contributed by atoms with Crippen LogP contribution in [0.2, 0.25) is 0 Å². The Kier molecular flexibility index (Phi) is 5.71. The zero-order chi connectivity index (χ0) is 20.4. The number of allylic oxidation sites excluding steroid dienone is 1. The molecule has 1 aromatic rings. The van der Waals surface area contributed by atoms with Crippen LogP contribution in [0.1, 0.15) is 32.6 Å². The first-order valence-electron chi connectivity index (χ1n) is 8.96. The van der Waals surface area contributed by atoms with Crippen LogP contribution >= 0.6 is 0 Å². The lowest BCUT2D eigenvalue weighted by Crippen LogP contribution is -2.29. The normalized spacial score (nSPS) is 19.4. The highest BCUT2D eigenvalue weighted by Crippen LogP contribution is 2.35. The van der Waals surface area contributed by atoms with Gasteiger partial charge in [-0.15, -0.1) is 0 Å². The van der Waals surface area contributed by atoms with Crippen LogP contribution in [0.15, 0.2) is 18.3 Å². The molecule has 0 saturated carbocycles. The van der Waals surface area contributed by atoms with Crippen LogP contribution in [0.3, 0.4) is 0 Å². The molecule has 1 fully saturated rings. The van der Waals surface area contributed by atoms with Gasteiger partial charge in [0.05, 0.1) is 12.2 Å². The molecular weight excluding hydrogens is 377 g/mol. The molecule has 2 heterocycles. The third-order valence-electron chi connectivity index (χ3n) is 4.75. The monoisotopic (exact) mass is 396 g/mol. The van der Waals surface area contributed by atoms with E-state index in [9.17, 15) is 27.6 Å². The minimum Gasteiger partial charge on any atom is -0.444 e. The van der Waals surface area contributed by atoms with E-state index < -0.39 is 41.0 Å². The van der Waals surface area contributed by atoms with Crippen molar-refractivity contribution in [1.29, 1.82) is 0 Å². The maximum absolute atomic E-state index is 14.6. The summed E-state index contributed by atoms with van der Waals surface area (Å²) in [4.78, 5) is 36.6. The lowest BCUT2D eigenvalue weighted by Gasteiger charge is -2.25. The maximum Gasteiger partial charge on any atom is 0.414 e. The third-order valence-corrected chi connectivity index (χ3v) is 4.75. The van der Waals surface area contributed by atoms with Crippen molar-refractivity contribution in [2.75, 3.05) is 22.9 Å². The highest BCUT2D eigenvalue weighted by Gasteiger charge is 2.36. The SMILES string of the molecule is CCC(=O)CC[C@H]1CN(c2cc(F)c(N3C=CC(=O)CC3)c(F)c2F)C(=O)O1. The van der Waals surface area contributed by atoms with E-state index in [-0.39, 0.29) is 43.9 Å². The molecule has 0 spiro atoms. The van der Waals surface area contributed by atoms with Gasteiger partial charge in [-0.25, -0.2) is 18.0 Å². The topological polar surface area (TPSA) is 66.9 Å². The van der Waals surface area contributed by atoms with E-state index in [1.54, 1.807) is 6.92 Å². The molecule has 1 saturated heterocycles. The molecule has 2 aliphatic heterocycles. The number of hydrogen-bond donors (Lipinski definition) is 0. The second kappa shape index (κ2) is 8.04. The standard InChI is InChI=1S/C19H19F3N2O4/c1-2-11(25)3-4-13-10-24(19(27)28-13)15-9-14(20)18(17(22)16(15)21)23-7-5-12(26)6-8-23/h5,7,9,13H,2-4,6,8,10H2,1H3/t13-/m0/s1.